The van der Waals surface area contributed by atoms with Crippen LogP contribution < -0.4 is 10.6 Å². The maximum atomic E-state index is 12.1. The Bertz CT molecular complexity index is 467. The molecule has 2 atom stereocenters. The minimum absolute atomic E-state index is 0.114. The predicted octanol–water partition coefficient (Wildman–Crippen LogP) is 2.78. The highest BCUT2D eigenvalue weighted by Gasteiger charge is 2.21. The highest BCUT2D eigenvalue weighted by molar-refractivity contribution is 5.76. The smallest absolute Gasteiger partial charge is 0.240 e. The van der Waals surface area contributed by atoms with Gasteiger partial charge in [-0.25, -0.2) is 0 Å². The number of carbonyl (C=O) groups excluding carboxylic acids is 1. The summed E-state index contributed by atoms with van der Waals surface area (Å²) >= 11 is 0. The summed E-state index contributed by atoms with van der Waals surface area (Å²) in [5.41, 5.74) is 2.79. The Morgan fingerprint density at radius 2 is 2.24 bits per heavy atom. The van der Waals surface area contributed by atoms with Crippen molar-refractivity contribution in [3.05, 3.63) is 23.5 Å². The molecule has 21 heavy (non-hydrogen) atoms. The van der Waals surface area contributed by atoms with Gasteiger partial charge in [-0.3, -0.25) is 4.79 Å². The molecule has 4 heteroatoms. The van der Waals surface area contributed by atoms with Gasteiger partial charge in [-0.15, -0.1) is 0 Å². The molecular formula is C17H29N3O. The topological polar surface area (TPSA) is 46.1 Å². The molecule has 0 saturated heterocycles. The maximum Gasteiger partial charge on any atom is 0.240 e. The van der Waals surface area contributed by atoms with E-state index >= 15 is 0 Å². The summed E-state index contributed by atoms with van der Waals surface area (Å²) in [5, 5.41) is 6.61. The lowest BCUT2D eigenvalue weighted by molar-refractivity contribution is -0.122. The summed E-state index contributed by atoms with van der Waals surface area (Å²) in [6.45, 7) is 7.78. The van der Waals surface area contributed by atoms with Crippen molar-refractivity contribution >= 4 is 5.91 Å². The van der Waals surface area contributed by atoms with E-state index in [1.165, 1.54) is 24.0 Å². The highest BCUT2D eigenvalue weighted by atomic mass is 16.2. The molecule has 0 saturated carbocycles. The first-order chi connectivity index (χ1) is 10.1. The van der Waals surface area contributed by atoms with Crippen LogP contribution in [0.15, 0.2) is 12.4 Å². The Kier molecular flexibility index (Phi) is 5.85. The number of aryl methyl sites for hydroxylation is 1. The van der Waals surface area contributed by atoms with E-state index in [0.29, 0.717) is 12.6 Å². The fourth-order valence-electron chi connectivity index (χ4n) is 3.29. The average Bonchev–Trinajstić information content (AvgIpc) is 2.82. The molecule has 1 heterocycles. The van der Waals surface area contributed by atoms with Crippen LogP contribution >= 0.6 is 0 Å². The third kappa shape index (κ3) is 4.34. The minimum Gasteiger partial charge on any atom is -0.352 e. The van der Waals surface area contributed by atoms with Gasteiger partial charge in [-0.2, -0.15) is 0 Å². The predicted molar refractivity (Wildman–Crippen MR) is 86.3 cm³/mol. The molecule has 1 amide bonds. The number of rotatable bonds is 7. The van der Waals surface area contributed by atoms with E-state index in [0.717, 1.165) is 25.8 Å². The van der Waals surface area contributed by atoms with Crippen LogP contribution in [-0.2, 0) is 17.8 Å². The monoisotopic (exact) mass is 291 g/mol. The number of hydrogen-bond donors (Lipinski definition) is 2. The van der Waals surface area contributed by atoms with E-state index in [9.17, 15) is 4.79 Å². The van der Waals surface area contributed by atoms with Gasteiger partial charge in [0.15, 0.2) is 0 Å². The number of amides is 1. The summed E-state index contributed by atoms with van der Waals surface area (Å²) in [7, 11) is 0. The first-order valence-electron chi connectivity index (χ1n) is 8.35. The van der Waals surface area contributed by atoms with Crippen molar-refractivity contribution in [2.75, 3.05) is 6.54 Å². The van der Waals surface area contributed by atoms with Crippen molar-refractivity contribution < 1.29 is 4.79 Å². The van der Waals surface area contributed by atoms with Crippen LogP contribution in [0.1, 0.15) is 63.6 Å². The standard InChI is InChI=1S/C17H29N3O/c1-4-7-13(3)19-17(21)12-20-10-14-8-6-9-16(18-5-2)15(14)11-20/h10-11,13,16,18H,4-9,12H2,1-3H3,(H,19,21). The molecule has 1 aromatic rings. The Balaban J connectivity index is 1.97. The lowest BCUT2D eigenvalue weighted by atomic mass is 9.91. The molecule has 0 radical (unpaired) electrons. The van der Waals surface area contributed by atoms with Crippen LogP contribution in [-0.4, -0.2) is 23.1 Å². The molecule has 2 rings (SSSR count). The largest absolute Gasteiger partial charge is 0.352 e. The molecule has 0 aromatic carbocycles. The van der Waals surface area contributed by atoms with E-state index < -0.39 is 0 Å². The number of nitrogens with zero attached hydrogens (tertiary/aromatic N) is 1. The minimum atomic E-state index is 0.114. The van der Waals surface area contributed by atoms with Gasteiger partial charge in [0.25, 0.3) is 0 Å². The molecule has 0 fully saturated rings. The lowest BCUT2D eigenvalue weighted by Crippen LogP contribution is -2.34. The fraction of sp³-hybridized carbons (Fsp3) is 0.706. The van der Waals surface area contributed by atoms with Crippen molar-refractivity contribution in [3.63, 3.8) is 0 Å². The van der Waals surface area contributed by atoms with Gasteiger partial charge in [0.05, 0.1) is 0 Å². The molecule has 0 spiro atoms. The van der Waals surface area contributed by atoms with E-state index in [1.54, 1.807) is 0 Å². The van der Waals surface area contributed by atoms with Gasteiger partial charge in [0.2, 0.25) is 5.91 Å². The van der Waals surface area contributed by atoms with Crippen molar-refractivity contribution in [2.24, 2.45) is 0 Å². The van der Waals surface area contributed by atoms with Crippen LogP contribution in [0.25, 0.3) is 0 Å². The zero-order valence-electron chi connectivity index (χ0n) is 13.6. The third-order valence-electron chi connectivity index (χ3n) is 4.22. The molecule has 2 N–H and O–H groups in total. The summed E-state index contributed by atoms with van der Waals surface area (Å²) in [6.07, 6.45) is 10.0. The van der Waals surface area contributed by atoms with Gasteiger partial charge < -0.3 is 15.2 Å². The first-order valence-corrected chi connectivity index (χ1v) is 8.35. The SMILES string of the molecule is CCCC(C)NC(=O)Cn1cc2c(c1)C(NCC)CCC2. The summed E-state index contributed by atoms with van der Waals surface area (Å²) in [4.78, 5) is 12.1. The number of aromatic nitrogens is 1. The van der Waals surface area contributed by atoms with Crippen LogP contribution in [0.4, 0.5) is 0 Å². The maximum absolute atomic E-state index is 12.1. The molecule has 2 unspecified atom stereocenters. The summed E-state index contributed by atoms with van der Waals surface area (Å²) in [5.74, 6) is 0.114. The molecule has 1 aliphatic carbocycles. The quantitative estimate of drug-likeness (QED) is 0.811. The van der Waals surface area contributed by atoms with Crippen molar-refractivity contribution in [1.29, 1.82) is 0 Å². The third-order valence-corrected chi connectivity index (χ3v) is 4.22. The Hall–Kier alpha value is -1.29. The molecule has 1 aromatic heterocycles. The normalized spacial score (nSPS) is 19.1. The van der Waals surface area contributed by atoms with Crippen LogP contribution in [0.5, 0.6) is 0 Å². The van der Waals surface area contributed by atoms with Crippen molar-refractivity contribution in [3.8, 4) is 0 Å². The number of hydrogen-bond acceptors (Lipinski definition) is 2. The van der Waals surface area contributed by atoms with Gasteiger partial charge in [-0.05, 0) is 50.3 Å². The second-order valence-electron chi connectivity index (χ2n) is 6.17. The zero-order chi connectivity index (χ0) is 15.2. The van der Waals surface area contributed by atoms with Crippen LogP contribution in [0.2, 0.25) is 0 Å². The molecule has 0 bridgehead atoms. The van der Waals surface area contributed by atoms with Crippen LogP contribution in [0.3, 0.4) is 0 Å². The highest BCUT2D eigenvalue weighted by Crippen LogP contribution is 2.30. The Morgan fingerprint density at radius 3 is 2.95 bits per heavy atom. The van der Waals surface area contributed by atoms with Crippen molar-refractivity contribution in [1.82, 2.24) is 15.2 Å². The van der Waals surface area contributed by atoms with Crippen molar-refractivity contribution in [2.45, 2.75) is 71.5 Å². The van der Waals surface area contributed by atoms with E-state index in [-0.39, 0.29) is 11.9 Å². The van der Waals surface area contributed by atoms with Crippen LogP contribution in [0, 0.1) is 0 Å². The molecule has 4 nitrogen and oxygen atoms in total. The van der Waals surface area contributed by atoms with Gasteiger partial charge >= 0.3 is 0 Å². The van der Waals surface area contributed by atoms with Gasteiger partial charge in [0.1, 0.15) is 6.54 Å². The van der Waals surface area contributed by atoms with E-state index in [1.807, 2.05) is 4.57 Å². The first kappa shape index (κ1) is 16.1. The number of carbonyl (C=O) groups is 1. The Morgan fingerprint density at radius 1 is 1.43 bits per heavy atom. The molecule has 1 aliphatic rings. The Labute approximate surface area is 128 Å². The fourth-order valence-corrected chi connectivity index (χ4v) is 3.29. The zero-order valence-corrected chi connectivity index (χ0v) is 13.6. The average molecular weight is 291 g/mol. The summed E-state index contributed by atoms with van der Waals surface area (Å²) in [6, 6.07) is 0.726. The molecular weight excluding hydrogens is 262 g/mol. The second kappa shape index (κ2) is 7.64. The number of nitrogens with one attached hydrogen (secondary N) is 2. The number of fused-ring (bicyclic) bond motifs is 1. The lowest BCUT2D eigenvalue weighted by Gasteiger charge is -2.22. The summed E-state index contributed by atoms with van der Waals surface area (Å²) < 4.78 is 2.05. The van der Waals surface area contributed by atoms with Gasteiger partial charge in [0, 0.05) is 24.5 Å². The van der Waals surface area contributed by atoms with Gasteiger partial charge in [-0.1, -0.05) is 20.3 Å². The molecule has 0 aliphatic heterocycles. The molecule has 118 valence electrons. The van der Waals surface area contributed by atoms with E-state index in [4.69, 9.17) is 0 Å². The second-order valence-corrected chi connectivity index (χ2v) is 6.17. The van der Waals surface area contributed by atoms with E-state index in [2.05, 4.69) is 43.8 Å².